The Hall–Kier alpha value is -0.290. The van der Waals surface area contributed by atoms with Crippen molar-refractivity contribution in [2.45, 2.75) is 75.2 Å². The molecule has 0 amide bonds. The smallest absolute Gasteiger partial charge is 0.119 e. The number of benzene rings is 1. The molecule has 0 bridgehead atoms. The molecule has 3 unspecified atom stereocenters. The zero-order valence-electron chi connectivity index (χ0n) is 15.8. The molecular formula is C21H31IO2. The van der Waals surface area contributed by atoms with Gasteiger partial charge in [-0.25, -0.2) is 0 Å². The lowest BCUT2D eigenvalue weighted by atomic mass is 9.50. The molecule has 1 saturated carbocycles. The average molecular weight is 442 g/mol. The second-order valence-electron chi connectivity index (χ2n) is 8.91. The highest BCUT2D eigenvalue weighted by Gasteiger charge is 2.55. The molecule has 0 aromatic heterocycles. The van der Waals surface area contributed by atoms with E-state index in [1.165, 1.54) is 24.0 Å². The molecule has 1 fully saturated rings. The van der Waals surface area contributed by atoms with Gasteiger partial charge < -0.3 is 9.84 Å². The molecule has 0 aliphatic heterocycles. The van der Waals surface area contributed by atoms with Crippen LogP contribution in [0.1, 0.15) is 82.6 Å². The molecule has 24 heavy (non-hydrogen) atoms. The van der Waals surface area contributed by atoms with E-state index in [-0.39, 0.29) is 16.9 Å². The topological polar surface area (TPSA) is 29.5 Å². The Morgan fingerprint density at radius 1 is 1.25 bits per heavy atom. The van der Waals surface area contributed by atoms with Gasteiger partial charge >= 0.3 is 0 Å². The second-order valence-corrected chi connectivity index (χ2v) is 10.4. The molecule has 1 aromatic rings. The van der Waals surface area contributed by atoms with Gasteiger partial charge in [0, 0.05) is 11.0 Å². The van der Waals surface area contributed by atoms with Crippen LogP contribution < -0.4 is 0 Å². The standard InChI is InChI=1S/C21H31IO2/c1-12(2)13-9-14-15(10-16(13)23)21(5)8-7-19(22)20(3,4)18(21)11-17(14)24-6/h9-10,12,17-19,23H,7-8,11H2,1-6H3/t17?,18?,19-,21?/m0/s1. The maximum absolute atomic E-state index is 10.6. The number of phenolic OH excluding ortho intramolecular Hbond substituents is 1. The van der Waals surface area contributed by atoms with Crippen molar-refractivity contribution in [2.75, 3.05) is 7.11 Å². The number of ether oxygens (including phenoxy) is 1. The minimum atomic E-state index is 0.128. The first kappa shape index (κ1) is 18.5. The molecule has 2 aliphatic carbocycles. The van der Waals surface area contributed by atoms with Crippen molar-refractivity contribution >= 4 is 22.6 Å². The second kappa shape index (κ2) is 6.15. The SMILES string of the molecule is COC1CC2C(C)(CC[C@H](I)C2(C)C)c2cc(O)c(C(C)C)cc21. The fourth-order valence-electron chi connectivity index (χ4n) is 5.31. The Morgan fingerprint density at radius 3 is 2.50 bits per heavy atom. The Labute approximate surface area is 160 Å². The zero-order valence-corrected chi connectivity index (χ0v) is 18.0. The highest BCUT2D eigenvalue weighted by molar-refractivity contribution is 14.1. The lowest BCUT2D eigenvalue weighted by molar-refractivity contribution is -0.0168. The van der Waals surface area contributed by atoms with Gasteiger partial charge in [-0.2, -0.15) is 0 Å². The van der Waals surface area contributed by atoms with Crippen LogP contribution in [0.5, 0.6) is 5.75 Å². The maximum Gasteiger partial charge on any atom is 0.119 e. The fourth-order valence-corrected chi connectivity index (χ4v) is 6.05. The summed E-state index contributed by atoms with van der Waals surface area (Å²) in [4.78, 5) is 0. The van der Waals surface area contributed by atoms with Gasteiger partial charge in [0.25, 0.3) is 0 Å². The van der Waals surface area contributed by atoms with Crippen molar-refractivity contribution in [3.8, 4) is 5.75 Å². The predicted molar refractivity (Wildman–Crippen MR) is 108 cm³/mol. The normalized spacial score (nSPS) is 34.8. The number of rotatable bonds is 2. The molecule has 3 heteroatoms. The van der Waals surface area contributed by atoms with Crippen molar-refractivity contribution in [1.82, 2.24) is 0 Å². The number of aromatic hydroxyl groups is 1. The lowest BCUT2D eigenvalue weighted by Gasteiger charge is -2.57. The van der Waals surface area contributed by atoms with Crippen LogP contribution >= 0.6 is 22.6 Å². The van der Waals surface area contributed by atoms with Crippen LogP contribution in [0.2, 0.25) is 0 Å². The van der Waals surface area contributed by atoms with Crippen LogP contribution in [-0.4, -0.2) is 16.1 Å². The highest BCUT2D eigenvalue weighted by Crippen LogP contribution is 2.61. The first-order chi connectivity index (χ1) is 11.1. The Morgan fingerprint density at radius 2 is 1.92 bits per heavy atom. The molecule has 0 radical (unpaired) electrons. The van der Waals surface area contributed by atoms with Gasteiger partial charge in [-0.05, 0) is 70.8 Å². The number of phenols is 1. The quantitative estimate of drug-likeness (QED) is 0.443. The Kier molecular flexibility index (Phi) is 4.74. The predicted octanol–water partition coefficient (Wildman–Crippen LogP) is 6.10. The zero-order chi connectivity index (χ0) is 17.9. The van der Waals surface area contributed by atoms with Crippen LogP contribution in [0.3, 0.4) is 0 Å². The van der Waals surface area contributed by atoms with Crippen molar-refractivity contribution in [2.24, 2.45) is 11.3 Å². The van der Waals surface area contributed by atoms with Crippen molar-refractivity contribution < 1.29 is 9.84 Å². The Balaban J connectivity index is 2.20. The molecule has 2 nitrogen and oxygen atoms in total. The number of hydrogen-bond acceptors (Lipinski definition) is 2. The van der Waals surface area contributed by atoms with Gasteiger partial charge in [0.2, 0.25) is 0 Å². The van der Waals surface area contributed by atoms with E-state index in [0.717, 1.165) is 12.0 Å². The number of hydrogen-bond donors (Lipinski definition) is 1. The molecule has 0 heterocycles. The number of methoxy groups -OCH3 is 1. The van der Waals surface area contributed by atoms with Gasteiger partial charge in [0.15, 0.2) is 0 Å². The summed E-state index contributed by atoms with van der Waals surface area (Å²) in [6.45, 7) is 11.5. The van der Waals surface area contributed by atoms with E-state index in [1.54, 1.807) is 0 Å². The summed E-state index contributed by atoms with van der Waals surface area (Å²) in [6, 6.07) is 4.28. The molecule has 1 N–H and O–H groups in total. The van der Waals surface area contributed by atoms with Crippen molar-refractivity contribution in [1.29, 1.82) is 0 Å². The molecule has 0 saturated heterocycles. The van der Waals surface area contributed by atoms with E-state index in [0.29, 0.717) is 21.5 Å². The fraction of sp³-hybridized carbons (Fsp3) is 0.714. The van der Waals surface area contributed by atoms with E-state index in [4.69, 9.17) is 4.74 Å². The number of fused-ring (bicyclic) bond motifs is 3. The van der Waals surface area contributed by atoms with E-state index >= 15 is 0 Å². The first-order valence-corrected chi connectivity index (χ1v) is 10.4. The van der Waals surface area contributed by atoms with Crippen LogP contribution in [-0.2, 0) is 10.2 Å². The first-order valence-electron chi connectivity index (χ1n) is 9.17. The number of halogens is 1. The van der Waals surface area contributed by atoms with E-state index in [9.17, 15) is 5.11 Å². The Bertz CT molecular complexity index is 637. The third-order valence-electron chi connectivity index (χ3n) is 6.91. The summed E-state index contributed by atoms with van der Waals surface area (Å²) in [5.41, 5.74) is 4.07. The molecule has 1 aromatic carbocycles. The molecule has 134 valence electrons. The summed E-state index contributed by atoms with van der Waals surface area (Å²) in [6.07, 6.45) is 3.65. The van der Waals surface area contributed by atoms with Crippen LogP contribution in [0.15, 0.2) is 12.1 Å². The van der Waals surface area contributed by atoms with Crippen LogP contribution in [0.4, 0.5) is 0 Å². The molecular weight excluding hydrogens is 411 g/mol. The summed E-state index contributed by atoms with van der Waals surface area (Å²) in [5.74, 6) is 1.34. The van der Waals surface area contributed by atoms with Crippen LogP contribution in [0, 0.1) is 11.3 Å². The summed E-state index contributed by atoms with van der Waals surface area (Å²) in [7, 11) is 1.83. The van der Waals surface area contributed by atoms with E-state index in [1.807, 2.05) is 7.11 Å². The molecule has 2 aliphatic rings. The monoisotopic (exact) mass is 442 g/mol. The third kappa shape index (κ3) is 2.61. The summed E-state index contributed by atoms with van der Waals surface area (Å²) < 4.78 is 6.62. The molecule has 0 spiro atoms. The van der Waals surface area contributed by atoms with Gasteiger partial charge in [-0.1, -0.05) is 57.2 Å². The molecule has 4 atom stereocenters. The third-order valence-corrected chi connectivity index (χ3v) is 9.14. The van der Waals surface area contributed by atoms with Crippen molar-refractivity contribution in [3.05, 3.63) is 28.8 Å². The lowest BCUT2D eigenvalue weighted by Crippen LogP contribution is -2.53. The van der Waals surface area contributed by atoms with Gasteiger partial charge in [-0.3, -0.25) is 0 Å². The minimum absolute atomic E-state index is 0.128. The van der Waals surface area contributed by atoms with E-state index in [2.05, 4.69) is 69.3 Å². The number of alkyl halides is 1. The van der Waals surface area contributed by atoms with Gasteiger partial charge in [-0.15, -0.1) is 0 Å². The average Bonchev–Trinajstić information content (AvgIpc) is 2.51. The molecule has 3 rings (SSSR count). The maximum atomic E-state index is 10.6. The highest BCUT2D eigenvalue weighted by atomic mass is 127. The summed E-state index contributed by atoms with van der Waals surface area (Å²) >= 11 is 2.64. The minimum Gasteiger partial charge on any atom is -0.508 e. The summed E-state index contributed by atoms with van der Waals surface area (Å²) in [5, 5.41) is 10.6. The largest absolute Gasteiger partial charge is 0.508 e. The van der Waals surface area contributed by atoms with Crippen LogP contribution in [0.25, 0.3) is 0 Å². The van der Waals surface area contributed by atoms with E-state index < -0.39 is 0 Å². The van der Waals surface area contributed by atoms with Gasteiger partial charge in [0.1, 0.15) is 5.75 Å². The van der Waals surface area contributed by atoms with Gasteiger partial charge in [0.05, 0.1) is 6.10 Å². The van der Waals surface area contributed by atoms with Crippen molar-refractivity contribution in [3.63, 3.8) is 0 Å².